The van der Waals surface area contributed by atoms with Crippen molar-refractivity contribution in [3.8, 4) is 5.75 Å². The predicted molar refractivity (Wildman–Crippen MR) is 69.8 cm³/mol. The van der Waals surface area contributed by atoms with E-state index >= 15 is 0 Å². The van der Waals surface area contributed by atoms with Crippen LogP contribution in [0.15, 0.2) is 53.3 Å². The van der Waals surface area contributed by atoms with Gasteiger partial charge < -0.3 is 5.11 Å². The number of phenols is 1. The number of fused-ring (bicyclic) bond motifs is 1. The third kappa shape index (κ3) is 1.68. The van der Waals surface area contributed by atoms with Crippen LogP contribution in [0.25, 0.3) is 10.9 Å². The van der Waals surface area contributed by atoms with Gasteiger partial charge in [0.2, 0.25) is 0 Å². The summed E-state index contributed by atoms with van der Waals surface area (Å²) in [6, 6.07) is 14.4. The van der Waals surface area contributed by atoms with Crippen molar-refractivity contribution in [2.45, 2.75) is 6.54 Å². The Morgan fingerprint density at radius 1 is 1.06 bits per heavy atom. The normalized spacial score (nSPS) is 10.9. The molecule has 0 radical (unpaired) electrons. The van der Waals surface area contributed by atoms with Gasteiger partial charge >= 0.3 is 0 Å². The van der Waals surface area contributed by atoms with Crippen LogP contribution in [-0.4, -0.2) is 14.9 Å². The van der Waals surface area contributed by atoms with Crippen LogP contribution in [-0.2, 0) is 6.54 Å². The van der Waals surface area contributed by atoms with Crippen molar-refractivity contribution in [3.63, 3.8) is 0 Å². The van der Waals surface area contributed by atoms with Gasteiger partial charge in [-0.1, -0.05) is 30.3 Å². The van der Waals surface area contributed by atoms with Gasteiger partial charge in [0.25, 0.3) is 5.56 Å². The van der Waals surface area contributed by atoms with E-state index in [1.54, 1.807) is 24.3 Å². The van der Waals surface area contributed by atoms with Crippen LogP contribution in [0.3, 0.4) is 0 Å². The second kappa shape index (κ2) is 4.07. The Hall–Kier alpha value is -2.49. The van der Waals surface area contributed by atoms with Gasteiger partial charge in [0, 0.05) is 5.56 Å². The molecule has 0 aliphatic carbocycles. The minimum atomic E-state index is -0.0751. The summed E-state index contributed by atoms with van der Waals surface area (Å²) in [5.74, 6) is 0.197. The Morgan fingerprint density at radius 2 is 1.78 bits per heavy atom. The molecule has 2 aromatic carbocycles. The molecule has 0 atom stereocenters. The summed E-state index contributed by atoms with van der Waals surface area (Å²) in [5, 5.41) is 13.4. The minimum Gasteiger partial charge on any atom is -0.508 e. The number of hydrogen-bond donors (Lipinski definition) is 2. The monoisotopic (exact) mass is 240 g/mol. The number of rotatable bonds is 2. The third-order valence-electron chi connectivity index (χ3n) is 2.98. The van der Waals surface area contributed by atoms with Crippen LogP contribution in [0.2, 0.25) is 0 Å². The van der Waals surface area contributed by atoms with E-state index in [9.17, 15) is 9.90 Å². The number of H-pyrrole nitrogens is 1. The van der Waals surface area contributed by atoms with E-state index in [-0.39, 0.29) is 11.3 Å². The van der Waals surface area contributed by atoms with Gasteiger partial charge in [-0.3, -0.25) is 9.89 Å². The number of nitrogens with one attached hydrogen (secondary N) is 1. The molecule has 0 saturated carbocycles. The first-order valence-corrected chi connectivity index (χ1v) is 5.70. The Morgan fingerprint density at radius 3 is 2.56 bits per heavy atom. The fourth-order valence-electron chi connectivity index (χ4n) is 2.03. The minimum absolute atomic E-state index is 0.0751. The summed E-state index contributed by atoms with van der Waals surface area (Å²) in [7, 11) is 0. The molecule has 1 aromatic heterocycles. The number of hydrogen-bond acceptors (Lipinski definition) is 2. The number of phenolic OH excluding ortho intramolecular Hbond substituents is 1. The number of nitrogens with zero attached hydrogens (tertiary/aromatic N) is 1. The summed E-state index contributed by atoms with van der Waals surface area (Å²) in [4.78, 5) is 12.1. The van der Waals surface area contributed by atoms with E-state index in [4.69, 9.17) is 0 Å². The van der Waals surface area contributed by atoms with Gasteiger partial charge in [0.05, 0.1) is 17.4 Å². The molecule has 3 aromatic rings. The molecule has 2 N–H and O–H groups in total. The Kier molecular flexibility index (Phi) is 2.41. The third-order valence-corrected chi connectivity index (χ3v) is 2.98. The van der Waals surface area contributed by atoms with Crippen LogP contribution in [0.1, 0.15) is 5.56 Å². The molecule has 0 bridgehead atoms. The quantitative estimate of drug-likeness (QED) is 0.720. The zero-order valence-corrected chi connectivity index (χ0v) is 9.63. The highest BCUT2D eigenvalue weighted by atomic mass is 16.3. The maximum Gasteiger partial charge on any atom is 0.274 e. The first-order chi connectivity index (χ1) is 8.75. The zero-order chi connectivity index (χ0) is 12.5. The van der Waals surface area contributed by atoms with Crippen molar-refractivity contribution in [2.75, 3.05) is 0 Å². The van der Waals surface area contributed by atoms with Crippen molar-refractivity contribution in [1.29, 1.82) is 0 Å². The molecule has 18 heavy (non-hydrogen) atoms. The molecule has 0 saturated heterocycles. The van der Waals surface area contributed by atoms with Crippen LogP contribution < -0.4 is 5.56 Å². The molecule has 0 fully saturated rings. The highest BCUT2D eigenvalue weighted by molar-refractivity contribution is 5.77. The Labute approximate surface area is 103 Å². The molecule has 0 unspecified atom stereocenters. The molecule has 4 nitrogen and oxygen atoms in total. The second-order valence-electron chi connectivity index (χ2n) is 4.18. The molecule has 0 aliphatic heterocycles. The van der Waals surface area contributed by atoms with E-state index in [1.807, 2.05) is 24.3 Å². The lowest BCUT2D eigenvalue weighted by Gasteiger charge is -2.04. The highest BCUT2D eigenvalue weighted by Gasteiger charge is 2.07. The first kappa shape index (κ1) is 10.7. The maximum atomic E-state index is 12.1. The SMILES string of the molecule is O=c1c2ccccc2[nH]n1Cc1ccccc1O. The van der Waals surface area contributed by atoms with Gasteiger partial charge in [0.15, 0.2) is 0 Å². The fourth-order valence-corrected chi connectivity index (χ4v) is 2.03. The zero-order valence-electron chi connectivity index (χ0n) is 9.63. The van der Waals surface area contributed by atoms with Gasteiger partial charge in [-0.05, 0) is 18.2 Å². The van der Waals surface area contributed by atoms with Crippen molar-refractivity contribution >= 4 is 10.9 Å². The molecule has 0 spiro atoms. The van der Waals surface area contributed by atoms with E-state index in [0.29, 0.717) is 17.5 Å². The van der Waals surface area contributed by atoms with E-state index < -0.39 is 0 Å². The fraction of sp³-hybridized carbons (Fsp3) is 0.0714. The first-order valence-electron chi connectivity index (χ1n) is 5.70. The lowest BCUT2D eigenvalue weighted by molar-refractivity contribution is 0.463. The lowest BCUT2D eigenvalue weighted by Crippen LogP contribution is -2.17. The molecule has 3 rings (SSSR count). The number of aromatic hydroxyl groups is 1. The number of aromatic nitrogens is 2. The van der Waals surface area contributed by atoms with Gasteiger partial charge in [-0.2, -0.15) is 0 Å². The summed E-state index contributed by atoms with van der Waals surface area (Å²) in [6.07, 6.45) is 0. The van der Waals surface area contributed by atoms with Crippen molar-refractivity contribution in [2.24, 2.45) is 0 Å². The smallest absolute Gasteiger partial charge is 0.274 e. The largest absolute Gasteiger partial charge is 0.508 e. The van der Waals surface area contributed by atoms with E-state index in [1.165, 1.54) is 4.68 Å². The van der Waals surface area contributed by atoms with Gasteiger partial charge in [0.1, 0.15) is 5.75 Å². The Bertz CT molecular complexity index is 756. The lowest BCUT2D eigenvalue weighted by atomic mass is 10.2. The molecule has 1 heterocycles. The maximum absolute atomic E-state index is 12.1. The molecule has 4 heteroatoms. The predicted octanol–water partition coefficient (Wildman–Crippen LogP) is 2.08. The summed E-state index contributed by atoms with van der Waals surface area (Å²) < 4.78 is 1.50. The van der Waals surface area contributed by atoms with Crippen LogP contribution >= 0.6 is 0 Å². The number of para-hydroxylation sites is 2. The molecular formula is C14H12N2O2. The topological polar surface area (TPSA) is 58.0 Å². The number of aromatic amines is 1. The average Bonchev–Trinajstić information content (AvgIpc) is 2.70. The van der Waals surface area contributed by atoms with Crippen molar-refractivity contribution < 1.29 is 5.11 Å². The van der Waals surface area contributed by atoms with E-state index in [2.05, 4.69) is 5.10 Å². The van der Waals surface area contributed by atoms with Gasteiger partial charge in [-0.15, -0.1) is 0 Å². The number of benzene rings is 2. The van der Waals surface area contributed by atoms with Gasteiger partial charge in [-0.25, -0.2) is 4.68 Å². The standard InChI is InChI=1S/C14H12N2O2/c17-13-8-4-1-5-10(13)9-16-14(18)11-6-2-3-7-12(11)15-16/h1-8,15,17H,9H2. The van der Waals surface area contributed by atoms with Crippen molar-refractivity contribution in [3.05, 3.63) is 64.4 Å². The highest BCUT2D eigenvalue weighted by Crippen LogP contribution is 2.16. The summed E-state index contributed by atoms with van der Waals surface area (Å²) >= 11 is 0. The summed E-state index contributed by atoms with van der Waals surface area (Å²) in [5.41, 5.74) is 1.44. The van der Waals surface area contributed by atoms with Crippen LogP contribution in [0.4, 0.5) is 0 Å². The second-order valence-corrected chi connectivity index (χ2v) is 4.18. The molecule has 0 aliphatic rings. The molecular weight excluding hydrogens is 228 g/mol. The van der Waals surface area contributed by atoms with E-state index in [0.717, 1.165) is 5.52 Å². The Balaban J connectivity index is 2.09. The van der Waals surface area contributed by atoms with Crippen LogP contribution in [0, 0.1) is 0 Å². The average molecular weight is 240 g/mol. The summed E-state index contributed by atoms with van der Waals surface area (Å²) in [6.45, 7) is 0.334. The van der Waals surface area contributed by atoms with Crippen LogP contribution in [0.5, 0.6) is 5.75 Å². The van der Waals surface area contributed by atoms with Crippen molar-refractivity contribution in [1.82, 2.24) is 9.78 Å². The molecule has 90 valence electrons. The molecule has 0 amide bonds.